The van der Waals surface area contributed by atoms with Crippen LogP contribution in [0.4, 0.5) is 0 Å². The molecule has 1 heterocycles. The molecule has 1 aliphatic rings. The zero-order chi connectivity index (χ0) is 14.1. The van der Waals surface area contributed by atoms with Crippen molar-refractivity contribution >= 4 is 11.8 Å². The second-order valence-electron chi connectivity index (χ2n) is 5.71. The zero-order valence-electron chi connectivity index (χ0n) is 12.6. The number of nitrogens with zero attached hydrogens (tertiary/aromatic N) is 3. The van der Waals surface area contributed by atoms with E-state index < -0.39 is 0 Å². The van der Waals surface area contributed by atoms with Crippen molar-refractivity contribution < 1.29 is 9.53 Å². The van der Waals surface area contributed by atoms with Gasteiger partial charge in [0.05, 0.1) is 12.1 Å². The van der Waals surface area contributed by atoms with Crippen LogP contribution < -0.4 is 0 Å². The third kappa shape index (κ3) is 2.66. The van der Waals surface area contributed by atoms with Gasteiger partial charge in [0, 0.05) is 7.05 Å². The highest BCUT2D eigenvalue weighted by Gasteiger charge is 2.46. The lowest BCUT2D eigenvalue weighted by Gasteiger charge is -2.37. The van der Waals surface area contributed by atoms with Gasteiger partial charge in [0.2, 0.25) is 0 Å². The molecule has 0 atom stereocenters. The van der Waals surface area contributed by atoms with Crippen molar-refractivity contribution in [3.63, 3.8) is 0 Å². The Morgan fingerprint density at radius 3 is 2.33 bits per heavy atom. The lowest BCUT2D eigenvalue weighted by Crippen LogP contribution is -2.53. The van der Waals surface area contributed by atoms with Crippen LogP contribution in [0.25, 0.3) is 0 Å². The fourth-order valence-corrected chi connectivity index (χ4v) is 2.33. The predicted octanol–water partition coefficient (Wildman–Crippen LogP) is 1.34. The van der Waals surface area contributed by atoms with Crippen LogP contribution in [0, 0.1) is 0 Å². The van der Waals surface area contributed by atoms with Gasteiger partial charge in [0.25, 0.3) is 0 Å². The van der Waals surface area contributed by atoms with Gasteiger partial charge in [0.15, 0.2) is 0 Å². The number of carbonyl (C=O) groups excluding carboxylic acids is 1. The van der Waals surface area contributed by atoms with Crippen LogP contribution in [0.15, 0.2) is 4.99 Å². The molecule has 0 aromatic heterocycles. The highest BCUT2D eigenvalue weighted by Crippen LogP contribution is 2.33. The van der Waals surface area contributed by atoms with E-state index in [4.69, 9.17) is 9.73 Å². The Kier molecular flexibility index (Phi) is 4.05. The molecule has 104 valence electrons. The van der Waals surface area contributed by atoms with Crippen LogP contribution in [-0.4, -0.2) is 60.1 Å². The molecule has 0 aromatic rings. The van der Waals surface area contributed by atoms with E-state index in [9.17, 15) is 4.79 Å². The summed E-state index contributed by atoms with van der Waals surface area (Å²) in [5, 5.41) is 0. The quantitative estimate of drug-likeness (QED) is 0.714. The molecule has 0 fully saturated rings. The molecule has 0 N–H and O–H groups in total. The minimum absolute atomic E-state index is 0.190. The summed E-state index contributed by atoms with van der Waals surface area (Å²) in [6, 6.07) is 0. The summed E-state index contributed by atoms with van der Waals surface area (Å²) in [6.45, 7) is 10.8. The molecule has 0 unspecified atom stereocenters. The van der Waals surface area contributed by atoms with E-state index >= 15 is 0 Å². The summed E-state index contributed by atoms with van der Waals surface area (Å²) in [5.74, 6) is 0.703. The molecule has 5 heteroatoms. The number of aliphatic imine (C=N–C) groups is 1. The highest BCUT2D eigenvalue weighted by atomic mass is 16.5. The highest BCUT2D eigenvalue weighted by molar-refractivity contribution is 5.94. The Labute approximate surface area is 110 Å². The molecule has 0 spiro atoms. The number of amidine groups is 1. The van der Waals surface area contributed by atoms with Crippen LogP contribution >= 0.6 is 0 Å². The second-order valence-corrected chi connectivity index (χ2v) is 5.71. The van der Waals surface area contributed by atoms with E-state index in [1.807, 2.05) is 18.9 Å². The van der Waals surface area contributed by atoms with Crippen LogP contribution in [0.3, 0.4) is 0 Å². The van der Waals surface area contributed by atoms with Crippen molar-refractivity contribution in [2.75, 3.05) is 27.2 Å². The SMILES string of the molecule is CCOC(=O)CN(C)C1=NC(C)(C)N(C)C1(C)C. The van der Waals surface area contributed by atoms with E-state index in [0.29, 0.717) is 6.61 Å². The smallest absolute Gasteiger partial charge is 0.325 e. The normalized spacial score (nSPS) is 21.6. The van der Waals surface area contributed by atoms with E-state index in [0.717, 1.165) is 5.84 Å². The molecule has 18 heavy (non-hydrogen) atoms. The van der Waals surface area contributed by atoms with Gasteiger partial charge >= 0.3 is 5.97 Å². The molecule has 0 saturated carbocycles. The Balaban J connectivity index is 2.86. The van der Waals surface area contributed by atoms with Crippen LogP contribution in [-0.2, 0) is 9.53 Å². The van der Waals surface area contributed by atoms with E-state index in [2.05, 4.69) is 39.6 Å². The first kappa shape index (κ1) is 15.0. The number of likely N-dealkylation sites (N-methyl/N-ethyl adjacent to an activating group) is 2. The first-order valence-corrected chi connectivity index (χ1v) is 6.34. The second kappa shape index (κ2) is 4.88. The monoisotopic (exact) mass is 255 g/mol. The maximum absolute atomic E-state index is 11.5. The fraction of sp³-hybridized carbons (Fsp3) is 0.846. The lowest BCUT2D eigenvalue weighted by molar-refractivity contribution is -0.143. The topological polar surface area (TPSA) is 45.1 Å². The maximum Gasteiger partial charge on any atom is 0.325 e. The molecule has 5 nitrogen and oxygen atoms in total. The molecule has 0 bridgehead atoms. The van der Waals surface area contributed by atoms with Crippen molar-refractivity contribution in [1.29, 1.82) is 0 Å². The minimum Gasteiger partial charge on any atom is -0.465 e. The summed E-state index contributed by atoms with van der Waals surface area (Å²) in [6.07, 6.45) is 0. The Bertz CT molecular complexity index is 361. The van der Waals surface area contributed by atoms with Gasteiger partial charge < -0.3 is 9.64 Å². The molecule has 0 aromatic carbocycles. The standard InChI is InChI=1S/C13H25N3O2/c1-8-18-10(17)9-15(6)11-12(2,3)16(7)13(4,5)14-11/h8-9H2,1-7H3. The Morgan fingerprint density at radius 1 is 1.39 bits per heavy atom. The Hall–Kier alpha value is -1.10. The van der Waals surface area contributed by atoms with Gasteiger partial charge in [0.1, 0.15) is 18.0 Å². The molecular weight excluding hydrogens is 230 g/mol. The number of ether oxygens (including phenoxy) is 1. The van der Waals surface area contributed by atoms with Crippen molar-refractivity contribution in [3.05, 3.63) is 0 Å². The first-order valence-electron chi connectivity index (χ1n) is 6.34. The number of rotatable bonds is 3. The van der Waals surface area contributed by atoms with E-state index in [-0.39, 0.29) is 23.7 Å². The summed E-state index contributed by atoms with van der Waals surface area (Å²) >= 11 is 0. The van der Waals surface area contributed by atoms with Crippen LogP contribution in [0.2, 0.25) is 0 Å². The fourth-order valence-electron chi connectivity index (χ4n) is 2.33. The van der Waals surface area contributed by atoms with Gasteiger partial charge in [-0.2, -0.15) is 0 Å². The van der Waals surface area contributed by atoms with Gasteiger partial charge in [-0.25, -0.2) is 4.99 Å². The first-order chi connectivity index (χ1) is 8.13. The van der Waals surface area contributed by atoms with E-state index in [1.54, 1.807) is 0 Å². The van der Waals surface area contributed by atoms with E-state index in [1.165, 1.54) is 0 Å². The van der Waals surface area contributed by atoms with Crippen molar-refractivity contribution in [1.82, 2.24) is 9.80 Å². The number of esters is 1. The number of hydrogen-bond donors (Lipinski definition) is 0. The molecule has 1 aliphatic heterocycles. The number of carbonyl (C=O) groups is 1. The van der Waals surface area contributed by atoms with Crippen molar-refractivity contribution in [3.8, 4) is 0 Å². The van der Waals surface area contributed by atoms with Gasteiger partial charge in [-0.05, 0) is 41.7 Å². The lowest BCUT2D eigenvalue weighted by atomic mass is 10.0. The van der Waals surface area contributed by atoms with Gasteiger partial charge in [-0.1, -0.05) is 0 Å². The third-order valence-corrected chi connectivity index (χ3v) is 3.62. The maximum atomic E-state index is 11.5. The molecule has 0 radical (unpaired) electrons. The zero-order valence-corrected chi connectivity index (χ0v) is 12.6. The van der Waals surface area contributed by atoms with Gasteiger partial charge in [-0.3, -0.25) is 9.69 Å². The molecular formula is C13H25N3O2. The summed E-state index contributed by atoms with van der Waals surface area (Å²) in [5.41, 5.74) is -0.438. The number of hydrogen-bond acceptors (Lipinski definition) is 5. The summed E-state index contributed by atoms with van der Waals surface area (Å²) in [4.78, 5) is 20.3. The van der Waals surface area contributed by atoms with Gasteiger partial charge in [-0.15, -0.1) is 0 Å². The summed E-state index contributed by atoms with van der Waals surface area (Å²) < 4.78 is 4.97. The van der Waals surface area contributed by atoms with Crippen molar-refractivity contribution in [2.24, 2.45) is 4.99 Å². The molecule has 0 aliphatic carbocycles. The molecule has 0 saturated heterocycles. The average Bonchev–Trinajstić information content (AvgIpc) is 2.39. The summed E-state index contributed by atoms with van der Waals surface area (Å²) in [7, 11) is 3.93. The minimum atomic E-state index is -0.248. The van der Waals surface area contributed by atoms with Crippen LogP contribution in [0.5, 0.6) is 0 Å². The third-order valence-electron chi connectivity index (χ3n) is 3.62. The largest absolute Gasteiger partial charge is 0.465 e. The Morgan fingerprint density at radius 2 is 1.94 bits per heavy atom. The average molecular weight is 255 g/mol. The predicted molar refractivity (Wildman–Crippen MR) is 72.6 cm³/mol. The van der Waals surface area contributed by atoms with Crippen LogP contribution in [0.1, 0.15) is 34.6 Å². The molecule has 0 amide bonds. The molecule has 1 rings (SSSR count). The van der Waals surface area contributed by atoms with Crippen molar-refractivity contribution in [2.45, 2.75) is 45.8 Å².